The van der Waals surface area contributed by atoms with Crippen LogP contribution in [-0.4, -0.2) is 42.9 Å². The molecule has 2 heterocycles. The first-order valence-corrected chi connectivity index (χ1v) is 7.80. The molecule has 1 aromatic carbocycles. The molecule has 2 atom stereocenters. The largest absolute Gasteiger partial charge is 0.365 e. The number of rotatable bonds is 1. The molecule has 6 nitrogen and oxygen atoms in total. The van der Waals surface area contributed by atoms with Crippen molar-refractivity contribution in [2.75, 3.05) is 24.3 Å². The van der Waals surface area contributed by atoms with Gasteiger partial charge in [-0.2, -0.15) is 0 Å². The Morgan fingerprint density at radius 1 is 1.17 bits per heavy atom. The van der Waals surface area contributed by atoms with E-state index < -0.39 is 0 Å². The van der Waals surface area contributed by atoms with Crippen molar-refractivity contribution in [2.45, 2.75) is 33.1 Å². The summed E-state index contributed by atoms with van der Waals surface area (Å²) in [6.07, 6.45) is 1.65. The summed E-state index contributed by atoms with van der Waals surface area (Å²) < 4.78 is 0. The van der Waals surface area contributed by atoms with Crippen molar-refractivity contribution in [1.82, 2.24) is 4.90 Å². The first-order valence-electron chi connectivity index (χ1n) is 7.80. The van der Waals surface area contributed by atoms with Gasteiger partial charge in [0.05, 0.1) is 17.4 Å². The first kappa shape index (κ1) is 15.6. The molecule has 23 heavy (non-hydrogen) atoms. The minimum atomic E-state index is -0.352. The molecular weight excluding hydrogens is 288 g/mol. The van der Waals surface area contributed by atoms with E-state index in [-0.39, 0.29) is 6.29 Å². The summed E-state index contributed by atoms with van der Waals surface area (Å²) in [6, 6.07) is 6.47. The summed E-state index contributed by atoms with van der Waals surface area (Å²) in [5.41, 5.74) is 11.3. The predicted octanol–water partition coefficient (Wildman–Crippen LogP) is 2.52. The number of nitrogens with zero attached hydrogens (tertiary/aromatic N) is 4. The molecule has 0 saturated heterocycles. The normalized spacial score (nSPS) is 23.8. The molecule has 3 N–H and O–H groups in total. The highest BCUT2D eigenvalue weighted by Gasteiger charge is 2.22. The van der Waals surface area contributed by atoms with Crippen molar-refractivity contribution < 1.29 is 0 Å². The van der Waals surface area contributed by atoms with Crippen LogP contribution in [-0.2, 0) is 0 Å². The second kappa shape index (κ2) is 5.70. The van der Waals surface area contributed by atoms with Gasteiger partial charge in [0.1, 0.15) is 5.84 Å². The third kappa shape index (κ3) is 2.82. The van der Waals surface area contributed by atoms with E-state index in [1.807, 2.05) is 37.1 Å². The summed E-state index contributed by atoms with van der Waals surface area (Å²) >= 11 is 0. The van der Waals surface area contributed by atoms with Crippen LogP contribution in [0.5, 0.6) is 0 Å². The second-order valence-corrected chi connectivity index (χ2v) is 6.19. The smallest absolute Gasteiger partial charge is 0.175 e. The minimum Gasteiger partial charge on any atom is -0.365 e. The summed E-state index contributed by atoms with van der Waals surface area (Å²) in [5.74, 6) is 0.777. The molecule has 0 spiro atoms. The SMILES string of the molecule is CC1=CC(Nc2ccc3c(c2)N(C)C(C)C(C)=N3)=NC(N)N1C. The van der Waals surface area contributed by atoms with Crippen LogP contribution in [0, 0.1) is 0 Å². The van der Waals surface area contributed by atoms with Crippen molar-refractivity contribution in [3.63, 3.8) is 0 Å². The zero-order valence-corrected chi connectivity index (χ0v) is 14.3. The van der Waals surface area contributed by atoms with E-state index in [1.165, 1.54) is 0 Å². The van der Waals surface area contributed by atoms with Crippen molar-refractivity contribution in [3.05, 3.63) is 30.0 Å². The Labute approximate surface area is 137 Å². The monoisotopic (exact) mass is 312 g/mol. The van der Waals surface area contributed by atoms with Crippen LogP contribution in [0.4, 0.5) is 17.1 Å². The van der Waals surface area contributed by atoms with Crippen molar-refractivity contribution in [1.29, 1.82) is 0 Å². The van der Waals surface area contributed by atoms with Crippen LogP contribution < -0.4 is 16.0 Å². The molecule has 2 unspecified atom stereocenters. The van der Waals surface area contributed by atoms with Crippen LogP contribution in [0.25, 0.3) is 0 Å². The highest BCUT2D eigenvalue weighted by atomic mass is 15.3. The molecule has 6 heteroatoms. The van der Waals surface area contributed by atoms with Gasteiger partial charge in [0, 0.05) is 31.2 Å². The Hall–Kier alpha value is -2.34. The second-order valence-electron chi connectivity index (χ2n) is 6.19. The van der Waals surface area contributed by atoms with Gasteiger partial charge in [-0.15, -0.1) is 0 Å². The van der Waals surface area contributed by atoms with E-state index >= 15 is 0 Å². The van der Waals surface area contributed by atoms with E-state index in [2.05, 4.69) is 47.2 Å². The quantitative estimate of drug-likeness (QED) is 0.836. The average molecular weight is 312 g/mol. The Bertz CT molecular complexity index is 718. The Morgan fingerprint density at radius 3 is 2.61 bits per heavy atom. The van der Waals surface area contributed by atoms with E-state index in [1.54, 1.807) is 0 Å². The van der Waals surface area contributed by atoms with Crippen LogP contribution in [0.1, 0.15) is 20.8 Å². The molecular formula is C17H24N6. The number of fused-ring (bicyclic) bond motifs is 1. The highest BCUT2D eigenvalue weighted by molar-refractivity contribution is 6.05. The number of anilines is 2. The van der Waals surface area contributed by atoms with Gasteiger partial charge in [-0.05, 0) is 45.0 Å². The molecule has 0 aliphatic carbocycles. The van der Waals surface area contributed by atoms with Crippen LogP contribution in [0.2, 0.25) is 0 Å². The molecule has 0 amide bonds. The lowest BCUT2D eigenvalue weighted by atomic mass is 10.1. The van der Waals surface area contributed by atoms with E-state index in [4.69, 9.17) is 5.73 Å². The van der Waals surface area contributed by atoms with Gasteiger partial charge in [-0.3, -0.25) is 10.7 Å². The Morgan fingerprint density at radius 2 is 1.91 bits per heavy atom. The van der Waals surface area contributed by atoms with Crippen molar-refractivity contribution >= 4 is 28.6 Å². The Balaban J connectivity index is 1.88. The molecule has 0 saturated carbocycles. The van der Waals surface area contributed by atoms with Crippen molar-refractivity contribution in [3.8, 4) is 0 Å². The number of nitrogens with two attached hydrogens (primary N) is 1. The predicted molar refractivity (Wildman–Crippen MR) is 97.6 cm³/mol. The van der Waals surface area contributed by atoms with Crippen LogP contribution in [0.3, 0.4) is 0 Å². The molecule has 3 rings (SSSR count). The number of benzene rings is 1. The number of amidine groups is 1. The lowest BCUT2D eigenvalue weighted by Crippen LogP contribution is -2.40. The topological polar surface area (TPSA) is 69.2 Å². The Kier molecular flexibility index (Phi) is 3.85. The number of hydrogen-bond acceptors (Lipinski definition) is 6. The van der Waals surface area contributed by atoms with E-state index in [9.17, 15) is 0 Å². The van der Waals surface area contributed by atoms with E-state index in [0.29, 0.717) is 6.04 Å². The third-order valence-corrected chi connectivity index (χ3v) is 4.68. The highest BCUT2D eigenvalue weighted by Crippen LogP contribution is 2.36. The van der Waals surface area contributed by atoms with Gasteiger partial charge in [0.2, 0.25) is 0 Å². The number of allylic oxidation sites excluding steroid dienone is 1. The van der Waals surface area contributed by atoms with Gasteiger partial charge in [0.15, 0.2) is 6.29 Å². The first-order chi connectivity index (χ1) is 10.9. The summed E-state index contributed by atoms with van der Waals surface area (Å²) in [5, 5.41) is 3.35. The standard InChI is InChI=1S/C17H24N6/c1-10-8-16(21-17(18)22(10)4)20-13-6-7-14-15(9-13)23(5)12(3)11(2)19-14/h6-9,12,17H,18H2,1-5H3,(H,20,21). The average Bonchev–Trinajstić information content (AvgIpc) is 2.51. The molecule has 2 aliphatic rings. The van der Waals surface area contributed by atoms with E-state index in [0.717, 1.165) is 34.3 Å². The molecule has 1 aromatic rings. The fourth-order valence-corrected chi connectivity index (χ4v) is 2.74. The van der Waals surface area contributed by atoms with Gasteiger partial charge in [-0.1, -0.05) is 0 Å². The molecule has 0 bridgehead atoms. The minimum absolute atomic E-state index is 0.300. The maximum atomic E-state index is 6.01. The fourth-order valence-electron chi connectivity index (χ4n) is 2.74. The lowest BCUT2D eigenvalue weighted by molar-refractivity contribution is 0.316. The zero-order valence-electron chi connectivity index (χ0n) is 14.3. The zero-order chi connectivity index (χ0) is 16.7. The summed E-state index contributed by atoms with van der Waals surface area (Å²) in [7, 11) is 4.03. The molecule has 0 aromatic heterocycles. The number of nitrogens with one attached hydrogen (secondary N) is 1. The van der Waals surface area contributed by atoms with Gasteiger partial charge in [-0.25, -0.2) is 4.99 Å². The third-order valence-electron chi connectivity index (χ3n) is 4.68. The summed E-state index contributed by atoms with van der Waals surface area (Å²) in [4.78, 5) is 13.3. The maximum Gasteiger partial charge on any atom is 0.175 e. The molecule has 0 radical (unpaired) electrons. The lowest BCUT2D eigenvalue weighted by Gasteiger charge is -2.32. The van der Waals surface area contributed by atoms with Gasteiger partial charge >= 0.3 is 0 Å². The molecule has 2 aliphatic heterocycles. The molecule has 122 valence electrons. The molecule has 0 fully saturated rings. The van der Waals surface area contributed by atoms with Crippen LogP contribution >= 0.6 is 0 Å². The number of aliphatic imine (C=N–C) groups is 2. The summed E-state index contributed by atoms with van der Waals surface area (Å²) in [6.45, 7) is 6.25. The number of hydrogen-bond donors (Lipinski definition) is 2. The van der Waals surface area contributed by atoms with Gasteiger partial charge < -0.3 is 15.1 Å². The maximum absolute atomic E-state index is 6.01. The van der Waals surface area contributed by atoms with Crippen molar-refractivity contribution in [2.24, 2.45) is 15.7 Å². The van der Waals surface area contributed by atoms with Crippen LogP contribution in [0.15, 0.2) is 40.0 Å². The fraction of sp³-hybridized carbons (Fsp3) is 0.412. The van der Waals surface area contributed by atoms with Gasteiger partial charge in [0.25, 0.3) is 0 Å².